The Balaban J connectivity index is 0.00000625. The van der Waals surface area contributed by atoms with Crippen molar-refractivity contribution in [3.8, 4) is 0 Å². The standard InChI is InChI=1S/C17H32N4O4.HI/c1-17(2,3)25-16(23)20-13-9-11-21(12-13)15(18-4)19-10-7-6-8-14(22)24-5;/h13H,6-12H2,1-5H3,(H,18,19)(H,20,23);1H. The Morgan fingerprint density at radius 3 is 2.54 bits per heavy atom. The lowest BCUT2D eigenvalue weighted by molar-refractivity contribution is -0.140. The number of hydrogen-bond donors (Lipinski definition) is 2. The number of ether oxygens (including phenoxy) is 2. The van der Waals surface area contributed by atoms with Crippen LogP contribution in [0.2, 0.25) is 0 Å². The van der Waals surface area contributed by atoms with E-state index in [1.807, 2.05) is 20.8 Å². The van der Waals surface area contributed by atoms with Crippen LogP contribution in [0.15, 0.2) is 4.99 Å². The van der Waals surface area contributed by atoms with E-state index >= 15 is 0 Å². The number of alkyl carbamates (subject to hydrolysis) is 1. The molecule has 152 valence electrons. The first-order valence-electron chi connectivity index (χ1n) is 8.77. The van der Waals surface area contributed by atoms with E-state index in [1.165, 1.54) is 7.11 Å². The molecule has 1 unspecified atom stereocenters. The molecule has 1 saturated heterocycles. The van der Waals surface area contributed by atoms with Gasteiger partial charge in [-0.3, -0.25) is 9.79 Å². The number of nitrogens with zero attached hydrogens (tertiary/aromatic N) is 2. The van der Waals surface area contributed by atoms with Crippen LogP contribution in [0.5, 0.6) is 0 Å². The monoisotopic (exact) mass is 484 g/mol. The van der Waals surface area contributed by atoms with Crippen molar-refractivity contribution < 1.29 is 19.1 Å². The highest BCUT2D eigenvalue weighted by Gasteiger charge is 2.27. The van der Waals surface area contributed by atoms with E-state index in [0.29, 0.717) is 13.0 Å². The van der Waals surface area contributed by atoms with Crippen molar-refractivity contribution in [2.75, 3.05) is 33.8 Å². The number of nitrogens with one attached hydrogen (secondary N) is 2. The molecular weight excluding hydrogens is 451 g/mol. The molecule has 1 atom stereocenters. The Hall–Kier alpha value is -1.26. The number of halogens is 1. The van der Waals surface area contributed by atoms with Gasteiger partial charge in [-0.15, -0.1) is 24.0 Å². The molecule has 0 aliphatic carbocycles. The molecule has 1 aliphatic rings. The highest BCUT2D eigenvalue weighted by atomic mass is 127. The molecule has 1 heterocycles. The molecule has 0 aromatic heterocycles. The van der Waals surface area contributed by atoms with Gasteiger partial charge in [0.1, 0.15) is 5.60 Å². The minimum atomic E-state index is -0.496. The van der Waals surface area contributed by atoms with Gasteiger partial charge in [0.05, 0.1) is 13.2 Å². The molecule has 2 N–H and O–H groups in total. The smallest absolute Gasteiger partial charge is 0.407 e. The molecule has 26 heavy (non-hydrogen) atoms. The largest absolute Gasteiger partial charge is 0.469 e. The van der Waals surface area contributed by atoms with E-state index < -0.39 is 5.60 Å². The van der Waals surface area contributed by atoms with E-state index in [9.17, 15) is 9.59 Å². The number of rotatable bonds is 6. The van der Waals surface area contributed by atoms with Gasteiger partial charge in [0.2, 0.25) is 0 Å². The van der Waals surface area contributed by atoms with Gasteiger partial charge in [-0.05, 0) is 40.0 Å². The fourth-order valence-corrected chi connectivity index (χ4v) is 2.57. The third kappa shape index (κ3) is 10.0. The lowest BCUT2D eigenvalue weighted by Crippen LogP contribution is -2.44. The van der Waals surface area contributed by atoms with Crippen molar-refractivity contribution in [3.05, 3.63) is 0 Å². The van der Waals surface area contributed by atoms with Crippen molar-refractivity contribution in [3.63, 3.8) is 0 Å². The van der Waals surface area contributed by atoms with Crippen LogP contribution >= 0.6 is 24.0 Å². The van der Waals surface area contributed by atoms with Crippen LogP contribution < -0.4 is 10.6 Å². The third-order valence-corrected chi connectivity index (χ3v) is 3.74. The second-order valence-electron chi connectivity index (χ2n) is 7.09. The molecule has 1 rings (SSSR count). The Kier molecular flexibility index (Phi) is 11.6. The summed E-state index contributed by atoms with van der Waals surface area (Å²) in [7, 11) is 3.14. The quantitative estimate of drug-likeness (QED) is 0.197. The number of carbonyl (C=O) groups is 2. The van der Waals surface area contributed by atoms with E-state index in [2.05, 4.69) is 25.3 Å². The normalized spacial score (nSPS) is 17.3. The fourth-order valence-electron chi connectivity index (χ4n) is 2.57. The number of amides is 1. The maximum atomic E-state index is 11.8. The molecular formula is C17H33IN4O4. The third-order valence-electron chi connectivity index (χ3n) is 3.74. The molecule has 1 aliphatic heterocycles. The van der Waals surface area contributed by atoms with Gasteiger partial charge in [0.25, 0.3) is 0 Å². The fraction of sp³-hybridized carbons (Fsp3) is 0.824. The molecule has 0 spiro atoms. The van der Waals surface area contributed by atoms with Crippen molar-refractivity contribution >= 4 is 42.0 Å². The van der Waals surface area contributed by atoms with Gasteiger partial charge in [-0.25, -0.2) is 4.79 Å². The van der Waals surface area contributed by atoms with Crippen LogP contribution in [0.3, 0.4) is 0 Å². The second kappa shape index (κ2) is 12.2. The van der Waals surface area contributed by atoms with Crippen LogP contribution in [-0.2, 0) is 14.3 Å². The Bertz CT molecular complexity index is 480. The molecule has 0 bridgehead atoms. The molecule has 9 heteroatoms. The number of likely N-dealkylation sites (tertiary alicyclic amines) is 1. The van der Waals surface area contributed by atoms with E-state index in [-0.39, 0.29) is 42.1 Å². The van der Waals surface area contributed by atoms with Crippen LogP contribution in [0.25, 0.3) is 0 Å². The molecule has 0 radical (unpaired) electrons. The zero-order valence-corrected chi connectivity index (χ0v) is 18.8. The molecule has 0 saturated carbocycles. The Morgan fingerprint density at radius 1 is 1.27 bits per heavy atom. The maximum Gasteiger partial charge on any atom is 0.407 e. The maximum absolute atomic E-state index is 11.8. The van der Waals surface area contributed by atoms with E-state index in [4.69, 9.17) is 4.74 Å². The number of unbranched alkanes of at least 4 members (excludes halogenated alkanes) is 1. The van der Waals surface area contributed by atoms with Gasteiger partial charge in [-0.2, -0.15) is 0 Å². The van der Waals surface area contributed by atoms with Crippen LogP contribution in [0.4, 0.5) is 4.79 Å². The van der Waals surface area contributed by atoms with Crippen molar-refractivity contribution in [1.82, 2.24) is 15.5 Å². The summed E-state index contributed by atoms with van der Waals surface area (Å²) in [4.78, 5) is 29.3. The lowest BCUT2D eigenvalue weighted by Gasteiger charge is -2.23. The summed E-state index contributed by atoms with van der Waals surface area (Å²) in [5, 5.41) is 6.20. The number of aliphatic imine (C=N–C) groups is 1. The summed E-state index contributed by atoms with van der Waals surface area (Å²) in [5.41, 5.74) is -0.496. The zero-order chi connectivity index (χ0) is 18.9. The predicted octanol–water partition coefficient (Wildman–Crippen LogP) is 2.12. The van der Waals surface area contributed by atoms with Crippen molar-refractivity contribution in [1.29, 1.82) is 0 Å². The first-order valence-corrected chi connectivity index (χ1v) is 8.77. The van der Waals surface area contributed by atoms with Gasteiger partial charge in [0, 0.05) is 33.1 Å². The number of guanidine groups is 1. The highest BCUT2D eigenvalue weighted by molar-refractivity contribution is 14.0. The number of methoxy groups -OCH3 is 1. The molecule has 1 fully saturated rings. The van der Waals surface area contributed by atoms with Crippen LogP contribution in [-0.4, -0.2) is 68.4 Å². The predicted molar refractivity (Wildman–Crippen MR) is 112 cm³/mol. The number of esters is 1. The van der Waals surface area contributed by atoms with Crippen LogP contribution in [0, 0.1) is 0 Å². The van der Waals surface area contributed by atoms with Gasteiger partial charge in [-0.1, -0.05) is 0 Å². The van der Waals surface area contributed by atoms with Gasteiger partial charge < -0.3 is 25.0 Å². The molecule has 0 aromatic carbocycles. The average Bonchev–Trinajstić information content (AvgIpc) is 2.96. The van der Waals surface area contributed by atoms with Gasteiger partial charge in [0.15, 0.2) is 5.96 Å². The summed E-state index contributed by atoms with van der Waals surface area (Å²) in [6, 6.07) is 0.0488. The summed E-state index contributed by atoms with van der Waals surface area (Å²) >= 11 is 0. The first kappa shape index (κ1) is 24.7. The number of carbonyl (C=O) groups excluding carboxylic acids is 2. The molecule has 0 aromatic rings. The zero-order valence-electron chi connectivity index (χ0n) is 16.5. The second-order valence-corrected chi connectivity index (χ2v) is 7.09. The Morgan fingerprint density at radius 2 is 1.96 bits per heavy atom. The SMILES string of the molecule is CN=C(NCCCCC(=O)OC)N1CCC(NC(=O)OC(C)(C)C)C1.I. The van der Waals surface area contributed by atoms with Crippen molar-refractivity contribution in [2.24, 2.45) is 4.99 Å². The topological polar surface area (TPSA) is 92.3 Å². The van der Waals surface area contributed by atoms with Crippen LogP contribution in [0.1, 0.15) is 46.5 Å². The van der Waals surface area contributed by atoms with E-state index in [0.717, 1.165) is 38.3 Å². The number of hydrogen-bond acceptors (Lipinski definition) is 5. The summed E-state index contributed by atoms with van der Waals surface area (Å²) in [5.74, 6) is 0.631. The average molecular weight is 484 g/mol. The first-order chi connectivity index (χ1) is 11.7. The molecule has 1 amide bonds. The molecule has 8 nitrogen and oxygen atoms in total. The van der Waals surface area contributed by atoms with E-state index in [1.54, 1.807) is 7.05 Å². The summed E-state index contributed by atoms with van der Waals surface area (Å²) in [6.07, 6.45) is 2.54. The minimum Gasteiger partial charge on any atom is -0.469 e. The minimum absolute atomic E-state index is 0. The summed E-state index contributed by atoms with van der Waals surface area (Å²) < 4.78 is 9.91. The van der Waals surface area contributed by atoms with Gasteiger partial charge >= 0.3 is 12.1 Å². The van der Waals surface area contributed by atoms with Crippen molar-refractivity contribution in [2.45, 2.75) is 58.1 Å². The Labute approximate surface area is 173 Å². The highest BCUT2D eigenvalue weighted by Crippen LogP contribution is 2.12. The lowest BCUT2D eigenvalue weighted by atomic mass is 10.2. The summed E-state index contributed by atoms with van der Waals surface area (Å²) in [6.45, 7) is 7.80.